The fraction of sp³-hybridized carbons (Fsp3) is 0.700. The second-order valence-electron chi connectivity index (χ2n) is 9.27. The number of nitrogens with zero attached hydrogens (tertiary/aromatic N) is 5. The Morgan fingerprint density at radius 3 is 2.52 bits per heavy atom. The lowest BCUT2D eigenvalue weighted by Crippen LogP contribution is -2.48. The van der Waals surface area contributed by atoms with Gasteiger partial charge in [-0.1, -0.05) is 0 Å². The van der Waals surface area contributed by atoms with Crippen molar-refractivity contribution >= 4 is 17.8 Å². The lowest BCUT2D eigenvalue weighted by atomic mass is 9.85. The minimum absolute atomic E-state index is 0.185. The van der Waals surface area contributed by atoms with E-state index in [-0.39, 0.29) is 18.3 Å². The number of amides is 1. The van der Waals surface area contributed by atoms with Gasteiger partial charge < -0.3 is 24.0 Å². The van der Waals surface area contributed by atoms with Crippen LogP contribution in [-0.4, -0.2) is 75.6 Å². The van der Waals surface area contributed by atoms with Crippen molar-refractivity contribution in [1.82, 2.24) is 24.5 Å². The summed E-state index contributed by atoms with van der Waals surface area (Å²) in [5.74, 6) is 0.961. The number of nitrogens with one attached hydrogen (secondary N) is 1. The molecule has 1 amide bonds. The van der Waals surface area contributed by atoms with Gasteiger partial charge in [-0.05, 0) is 33.6 Å². The number of anilines is 1. The van der Waals surface area contributed by atoms with Crippen LogP contribution in [0.25, 0.3) is 5.78 Å². The van der Waals surface area contributed by atoms with E-state index < -0.39 is 11.2 Å². The number of carbonyl (C=O) groups is 1. The summed E-state index contributed by atoms with van der Waals surface area (Å²) in [4.78, 5) is 38.7. The van der Waals surface area contributed by atoms with Gasteiger partial charge >= 0.3 is 6.09 Å². The molecule has 31 heavy (non-hydrogen) atoms. The van der Waals surface area contributed by atoms with Crippen LogP contribution in [-0.2, 0) is 26.4 Å². The predicted molar refractivity (Wildman–Crippen MR) is 110 cm³/mol. The molecule has 11 nitrogen and oxygen atoms in total. The van der Waals surface area contributed by atoms with Crippen LogP contribution in [0.15, 0.2) is 4.79 Å². The van der Waals surface area contributed by atoms with Crippen LogP contribution in [0.5, 0.6) is 0 Å². The minimum Gasteiger partial charge on any atom is -0.444 e. The van der Waals surface area contributed by atoms with Crippen LogP contribution in [0.1, 0.15) is 44.9 Å². The number of rotatable bonds is 1. The summed E-state index contributed by atoms with van der Waals surface area (Å²) >= 11 is 0. The Bertz CT molecular complexity index is 1060. The van der Waals surface area contributed by atoms with E-state index >= 15 is 0 Å². The molecular formula is C20H28N6O5. The molecule has 1 spiro atoms. The third kappa shape index (κ3) is 3.55. The summed E-state index contributed by atoms with van der Waals surface area (Å²) in [5.41, 5.74) is -0.254. The van der Waals surface area contributed by atoms with E-state index in [2.05, 4.69) is 15.1 Å². The fourth-order valence-electron chi connectivity index (χ4n) is 4.48. The lowest BCUT2D eigenvalue weighted by Gasteiger charge is -2.38. The van der Waals surface area contributed by atoms with Gasteiger partial charge in [0.2, 0.25) is 5.95 Å². The highest BCUT2D eigenvalue weighted by Gasteiger charge is 2.47. The van der Waals surface area contributed by atoms with E-state index in [0.29, 0.717) is 75.2 Å². The van der Waals surface area contributed by atoms with Crippen LogP contribution >= 0.6 is 0 Å². The van der Waals surface area contributed by atoms with Crippen LogP contribution in [0.4, 0.5) is 10.7 Å². The Morgan fingerprint density at radius 2 is 1.84 bits per heavy atom. The largest absolute Gasteiger partial charge is 0.444 e. The average Bonchev–Trinajstić information content (AvgIpc) is 3.31. The number of likely N-dealkylation sites (tertiary alicyclic amines) is 1. The molecule has 0 atom stereocenters. The Hall–Kier alpha value is -2.66. The first kappa shape index (κ1) is 20.3. The molecule has 1 N–H and O–H groups in total. The van der Waals surface area contributed by atoms with Gasteiger partial charge in [-0.25, -0.2) is 9.78 Å². The summed E-state index contributed by atoms with van der Waals surface area (Å²) < 4.78 is 18.4. The van der Waals surface area contributed by atoms with E-state index in [1.54, 1.807) is 4.90 Å². The topological polar surface area (TPSA) is 114 Å². The second kappa shape index (κ2) is 7.20. The Labute approximate surface area is 179 Å². The minimum atomic E-state index is -0.733. The molecule has 0 saturated carbocycles. The van der Waals surface area contributed by atoms with Gasteiger partial charge in [-0.3, -0.25) is 9.89 Å². The summed E-state index contributed by atoms with van der Waals surface area (Å²) in [7, 11) is 0. The SMILES string of the molecule is CC(C)(C)OC(=O)N1CCC2(CC1)OCc1nc3nc(N4CCOCC4)[nH]n3c(=O)c12. The number of hydrogen-bond donors (Lipinski definition) is 1. The number of H-pyrrole nitrogens is 1. The molecule has 0 aromatic carbocycles. The molecule has 3 aliphatic heterocycles. The summed E-state index contributed by atoms with van der Waals surface area (Å²) in [6.45, 7) is 9.40. The smallest absolute Gasteiger partial charge is 0.410 e. The summed E-state index contributed by atoms with van der Waals surface area (Å²) in [5, 5.41) is 3.10. The molecule has 2 saturated heterocycles. The summed E-state index contributed by atoms with van der Waals surface area (Å²) in [6.07, 6.45) is 0.703. The average molecular weight is 432 g/mol. The quantitative estimate of drug-likeness (QED) is 0.710. The highest BCUT2D eigenvalue weighted by molar-refractivity contribution is 5.68. The number of morpholine rings is 1. The normalized spacial score (nSPS) is 21.0. The molecule has 0 radical (unpaired) electrons. The standard InChI is InChI=1S/C20H28N6O5/c1-19(2,3)31-18(28)25-6-4-20(5-7-25)14-13(12-30-20)21-16-22-17(23-26(16)15(14)27)24-8-10-29-11-9-24/h4-12H2,1-3H3,(H,21,22,23). The monoisotopic (exact) mass is 432 g/mol. The maximum atomic E-state index is 13.4. The van der Waals surface area contributed by atoms with Crippen molar-refractivity contribution in [2.45, 2.75) is 51.4 Å². The predicted octanol–water partition coefficient (Wildman–Crippen LogP) is 1.01. The number of piperidine rings is 1. The van der Waals surface area contributed by atoms with Crippen LogP contribution in [0.3, 0.4) is 0 Å². The second-order valence-corrected chi connectivity index (χ2v) is 9.27. The number of hydrogen-bond acceptors (Lipinski definition) is 8. The molecule has 2 fully saturated rings. The molecule has 0 aliphatic carbocycles. The van der Waals surface area contributed by atoms with E-state index in [1.165, 1.54) is 4.52 Å². The molecule has 0 unspecified atom stereocenters. The molecule has 11 heteroatoms. The van der Waals surface area contributed by atoms with Crippen molar-refractivity contribution in [1.29, 1.82) is 0 Å². The molecule has 2 aromatic rings. The van der Waals surface area contributed by atoms with E-state index in [9.17, 15) is 9.59 Å². The first-order chi connectivity index (χ1) is 14.8. The van der Waals surface area contributed by atoms with Gasteiger partial charge in [-0.15, -0.1) is 0 Å². The van der Waals surface area contributed by atoms with Crippen LogP contribution in [0.2, 0.25) is 0 Å². The third-order valence-electron chi connectivity index (χ3n) is 6.03. The number of aromatic nitrogens is 4. The third-order valence-corrected chi connectivity index (χ3v) is 6.03. The molecule has 168 valence electrons. The molecule has 5 heterocycles. The Morgan fingerprint density at radius 1 is 1.13 bits per heavy atom. The first-order valence-electron chi connectivity index (χ1n) is 10.7. The van der Waals surface area contributed by atoms with Crippen molar-refractivity contribution in [3.05, 3.63) is 21.6 Å². The van der Waals surface area contributed by atoms with E-state index in [0.717, 1.165) is 0 Å². The molecule has 2 aromatic heterocycles. The zero-order valence-corrected chi connectivity index (χ0v) is 18.1. The molecule has 5 rings (SSSR count). The highest BCUT2D eigenvalue weighted by Crippen LogP contribution is 2.42. The van der Waals surface area contributed by atoms with Gasteiger partial charge in [0.25, 0.3) is 11.3 Å². The van der Waals surface area contributed by atoms with Crippen LogP contribution < -0.4 is 10.5 Å². The van der Waals surface area contributed by atoms with Gasteiger partial charge in [0, 0.05) is 26.2 Å². The Balaban J connectivity index is 1.41. The van der Waals surface area contributed by atoms with Gasteiger partial charge in [0.15, 0.2) is 0 Å². The van der Waals surface area contributed by atoms with Crippen molar-refractivity contribution in [2.75, 3.05) is 44.3 Å². The highest BCUT2D eigenvalue weighted by atomic mass is 16.6. The summed E-state index contributed by atoms with van der Waals surface area (Å²) in [6, 6.07) is 0. The number of aromatic amines is 1. The van der Waals surface area contributed by atoms with Crippen molar-refractivity contribution in [3.63, 3.8) is 0 Å². The number of fused-ring (bicyclic) bond motifs is 3. The van der Waals surface area contributed by atoms with Gasteiger partial charge in [0.1, 0.15) is 11.2 Å². The van der Waals surface area contributed by atoms with E-state index in [4.69, 9.17) is 14.2 Å². The van der Waals surface area contributed by atoms with Crippen molar-refractivity contribution in [3.8, 4) is 0 Å². The first-order valence-corrected chi connectivity index (χ1v) is 10.7. The van der Waals surface area contributed by atoms with E-state index in [1.807, 2.05) is 25.7 Å². The maximum Gasteiger partial charge on any atom is 0.410 e. The molecule has 0 bridgehead atoms. The number of ether oxygens (including phenoxy) is 3. The Kier molecular flexibility index (Phi) is 4.70. The zero-order valence-electron chi connectivity index (χ0n) is 18.1. The van der Waals surface area contributed by atoms with Gasteiger partial charge in [0.05, 0.1) is 31.1 Å². The van der Waals surface area contributed by atoms with Crippen molar-refractivity contribution in [2.24, 2.45) is 0 Å². The molecular weight excluding hydrogens is 404 g/mol. The number of carbonyl (C=O) groups excluding carboxylic acids is 1. The molecule has 3 aliphatic rings. The fourth-order valence-corrected chi connectivity index (χ4v) is 4.48. The van der Waals surface area contributed by atoms with Gasteiger partial charge in [-0.2, -0.15) is 9.50 Å². The lowest BCUT2D eigenvalue weighted by molar-refractivity contribution is -0.0806. The van der Waals surface area contributed by atoms with Crippen molar-refractivity contribution < 1.29 is 19.0 Å². The maximum absolute atomic E-state index is 13.4. The van der Waals surface area contributed by atoms with Crippen LogP contribution in [0, 0.1) is 0 Å². The zero-order chi connectivity index (χ0) is 21.8.